The number of nitrogens with one attached hydrogen (secondary N) is 1. The zero-order valence-electron chi connectivity index (χ0n) is 9.39. The lowest BCUT2D eigenvalue weighted by Crippen LogP contribution is -2.53. The van der Waals surface area contributed by atoms with Gasteiger partial charge in [0, 0.05) is 12.6 Å². The maximum Gasteiger partial charge on any atom is 0.0809 e. The summed E-state index contributed by atoms with van der Waals surface area (Å²) >= 11 is 0. The van der Waals surface area contributed by atoms with Crippen LogP contribution in [0.25, 0.3) is 0 Å². The average molecular weight is 185 g/mol. The van der Waals surface area contributed by atoms with Gasteiger partial charge in [0.25, 0.3) is 0 Å². The third kappa shape index (κ3) is 2.44. The van der Waals surface area contributed by atoms with E-state index >= 15 is 0 Å². The van der Waals surface area contributed by atoms with Gasteiger partial charge in [0.2, 0.25) is 0 Å². The van der Waals surface area contributed by atoms with Gasteiger partial charge in [-0.3, -0.25) is 0 Å². The molecule has 1 N–H and O–H groups in total. The van der Waals surface area contributed by atoms with Crippen molar-refractivity contribution >= 4 is 0 Å². The van der Waals surface area contributed by atoms with Crippen LogP contribution < -0.4 is 5.32 Å². The summed E-state index contributed by atoms with van der Waals surface area (Å²) < 4.78 is 5.92. The Labute approximate surface area is 82.0 Å². The normalized spacial score (nSPS) is 32.1. The van der Waals surface area contributed by atoms with Gasteiger partial charge in [-0.2, -0.15) is 0 Å². The first kappa shape index (κ1) is 11.0. The molecule has 2 atom stereocenters. The Morgan fingerprint density at radius 2 is 2.00 bits per heavy atom. The largest absolute Gasteiger partial charge is 0.374 e. The molecule has 1 aliphatic heterocycles. The van der Waals surface area contributed by atoms with E-state index in [1.54, 1.807) is 0 Å². The highest BCUT2D eigenvalue weighted by atomic mass is 16.5. The molecule has 0 bridgehead atoms. The van der Waals surface area contributed by atoms with Gasteiger partial charge < -0.3 is 10.1 Å². The quantitative estimate of drug-likeness (QED) is 0.727. The van der Waals surface area contributed by atoms with Crippen LogP contribution in [0, 0.1) is 5.92 Å². The van der Waals surface area contributed by atoms with E-state index < -0.39 is 0 Å². The Kier molecular flexibility index (Phi) is 3.74. The van der Waals surface area contributed by atoms with Gasteiger partial charge in [-0.05, 0) is 39.2 Å². The van der Waals surface area contributed by atoms with Crippen molar-refractivity contribution in [2.75, 3.05) is 13.7 Å². The lowest BCUT2D eigenvalue weighted by molar-refractivity contribution is -0.0960. The molecule has 0 aromatic rings. The minimum Gasteiger partial charge on any atom is -0.374 e. The highest BCUT2D eigenvalue weighted by Crippen LogP contribution is 2.30. The molecular weight excluding hydrogens is 162 g/mol. The molecule has 2 unspecified atom stereocenters. The summed E-state index contributed by atoms with van der Waals surface area (Å²) in [6, 6.07) is 0.479. The second-order valence-corrected chi connectivity index (χ2v) is 4.63. The summed E-state index contributed by atoms with van der Waals surface area (Å²) in [5, 5.41) is 3.39. The van der Waals surface area contributed by atoms with Crippen LogP contribution in [0.2, 0.25) is 0 Å². The van der Waals surface area contributed by atoms with Crippen LogP contribution in [0.3, 0.4) is 0 Å². The van der Waals surface area contributed by atoms with Gasteiger partial charge in [-0.1, -0.05) is 13.8 Å². The van der Waals surface area contributed by atoms with Crippen molar-refractivity contribution in [3.05, 3.63) is 0 Å². The monoisotopic (exact) mass is 185 g/mol. The van der Waals surface area contributed by atoms with Crippen LogP contribution >= 0.6 is 0 Å². The first-order valence-corrected chi connectivity index (χ1v) is 5.41. The summed E-state index contributed by atoms with van der Waals surface area (Å²) in [6.45, 7) is 7.68. The minimum absolute atomic E-state index is 0.0567. The Morgan fingerprint density at radius 3 is 2.38 bits per heavy atom. The third-order valence-electron chi connectivity index (χ3n) is 3.13. The predicted octanol–water partition coefficient (Wildman–Crippen LogP) is 2.19. The molecule has 0 aromatic carbocycles. The maximum atomic E-state index is 5.92. The number of likely N-dealkylation sites (N-methyl/N-ethyl adjacent to an activating group) is 1. The molecule has 1 saturated heterocycles. The molecule has 1 heterocycles. The van der Waals surface area contributed by atoms with E-state index in [4.69, 9.17) is 4.74 Å². The topological polar surface area (TPSA) is 21.3 Å². The summed E-state index contributed by atoms with van der Waals surface area (Å²) in [4.78, 5) is 0. The lowest BCUT2D eigenvalue weighted by atomic mass is 9.82. The van der Waals surface area contributed by atoms with Crippen LogP contribution in [0.4, 0.5) is 0 Å². The van der Waals surface area contributed by atoms with Crippen molar-refractivity contribution in [2.45, 2.75) is 51.7 Å². The summed E-state index contributed by atoms with van der Waals surface area (Å²) in [5.74, 6) is 0.632. The summed E-state index contributed by atoms with van der Waals surface area (Å²) in [7, 11) is 2.04. The molecule has 0 aliphatic carbocycles. The second kappa shape index (κ2) is 4.43. The number of hydrogen-bond donors (Lipinski definition) is 1. The molecule has 1 rings (SSSR count). The average Bonchev–Trinajstić information content (AvgIpc) is 2.05. The van der Waals surface area contributed by atoms with Crippen LogP contribution in [0.15, 0.2) is 0 Å². The van der Waals surface area contributed by atoms with Gasteiger partial charge in [0.15, 0.2) is 0 Å². The van der Waals surface area contributed by atoms with Crippen LogP contribution in [0.5, 0.6) is 0 Å². The fourth-order valence-electron chi connectivity index (χ4n) is 2.54. The van der Waals surface area contributed by atoms with Crippen molar-refractivity contribution in [1.82, 2.24) is 5.32 Å². The third-order valence-corrected chi connectivity index (χ3v) is 3.13. The maximum absolute atomic E-state index is 5.92. The fourth-order valence-corrected chi connectivity index (χ4v) is 2.54. The molecule has 78 valence electrons. The van der Waals surface area contributed by atoms with Gasteiger partial charge in [0.1, 0.15) is 0 Å². The molecule has 2 nitrogen and oxygen atoms in total. The van der Waals surface area contributed by atoms with Crippen LogP contribution in [0.1, 0.15) is 40.0 Å². The summed E-state index contributed by atoms with van der Waals surface area (Å²) in [5.41, 5.74) is 0.0567. The van der Waals surface area contributed by atoms with Crippen molar-refractivity contribution in [2.24, 2.45) is 5.92 Å². The molecule has 0 saturated carbocycles. The highest BCUT2D eigenvalue weighted by molar-refractivity contribution is 4.92. The first-order valence-electron chi connectivity index (χ1n) is 5.41. The Hall–Kier alpha value is -0.0800. The molecular formula is C11H23NO. The molecule has 2 heteroatoms. The summed E-state index contributed by atoms with van der Waals surface area (Å²) in [6.07, 6.45) is 3.72. The van der Waals surface area contributed by atoms with Crippen molar-refractivity contribution in [3.8, 4) is 0 Å². The highest BCUT2D eigenvalue weighted by Gasteiger charge is 2.37. The fraction of sp³-hybridized carbons (Fsp3) is 1.00. The van der Waals surface area contributed by atoms with Crippen molar-refractivity contribution < 1.29 is 4.74 Å². The number of ether oxygens (including phenoxy) is 1. The lowest BCUT2D eigenvalue weighted by Gasteiger charge is -2.42. The van der Waals surface area contributed by atoms with Crippen LogP contribution in [-0.2, 0) is 4.74 Å². The first-order chi connectivity index (χ1) is 6.10. The van der Waals surface area contributed by atoms with E-state index in [1.807, 2.05) is 7.05 Å². The molecule has 0 amide bonds. The van der Waals surface area contributed by atoms with Gasteiger partial charge in [-0.15, -0.1) is 0 Å². The standard InChI is InChI=1S/C11H23NO/c1-9(2)10(12-4)11(3)7-5-6-8-13-11/h9-10,12H,5-8H2,1-4H3. The van der Waals surface area contributed by atoms with Gasteiger partial charge >= 0.3 is 0 Å². The van der Waals surface area contributed by atoms with Gasteiger partial charge in [0.05, 0.1) is 5.60 Å². The van der Waals surface area contributed by atoms with E-state index in [0.717, 1.165) is 6.61 Å². The molecule has 0 aromatic heterocycles. The zero-order valence-corrected chi connectivity index (χ0v) is 9.39. The zero-order chi connectivity index (χ0) is 9.90. The molecule has 1 aliphatic rings. The van der Waals surface area contributed by atoms with E-state index in [0.29, 0.717) is 12.0 Å². The predicted molar refractivity (Wildman–Crippen MR) is 55.9 cm³/mol. The Balaban J connectivity index is 2.63. The minimum atomic E-state index is 0.0567. The molecule has 0 radical (unpaired) electrons. The Morgan fingerprint density at radius 1 is 1.31 bits per heavy atom. The molecule has 13 heavy (non-hydrogen) atoms. The van der Waals surface area contributed by atoms with Crippen molar-refractivity contribution in [1.29, 1.82) is 0 Å². The number of hydrogen-bond acceptors (Lipinski definition) is 2. The Bertz CT molecular complexity index is 150. The molecule has 0 spiro atoms. The number of rotatable bonds is 3. The van der Waals surface area contributed by atoms with Crippen molar-refractivity contribution in [3.63, 3.8) is 0 Å². The van der Waals surface area contributed by atoms with Crippen LogP contribution in [-0.4, -0.2) is 25.3 Å². The molecule has 1 fully saturated rings. The smallest absolute Gasteiger partial charge is 0.0809 e. The van der Waals surface area contributed by atoms with E-state index in [1.165, 1.54) is 19.3 Å². The van der Waals surface area contributed by atoms with E-state index in [2.05, 4.69) is 26.1 Å². The van der Waals surface area contributed by atoms with Gasteiger partial charge in [-0.25, -0.2) is 0 Å². The van der Waals surface area contributed by atoms with E-state index in [-0.39, 0.29) is 5.60 Å². The second-order valence-electron chi connectivity index (χ2n) is 4.63. The SMILES string of the molecule is CNC(C(C)C)C1(C)CCCCO1. The van der Waals surface area contributed by atoms with E-state index in [9.17, 15) is 0 Å².